The second-order valence-corrected chi connectivity index (χ2v) is 7.40. The van der Waals surface area contributed by atoms with Gasteiger partial charge in [-0.2, -0.15) is 0 Å². The summed E-state index contributed by atoms with van der Waals surface area (Å²) in [4.78, 5) is 41.0. The van der Waals surface area contributed by atoms with Crippen LogP contribution in [0.3, 0.4) is 0 Å². The number of carbonyl (C=O) groups is 3. The summed E-state index contributed by atoms with van der Waals surface area (Å²) in [5, 5.41) is 2.64. The van der Waals surface area contributed by atoms with Crippen molar-refractivity contribution >= 4 is 23.5 Å². The molecule has 2 aliphatic heterocycles. The van der Waals surface area contributed by atoms with Gasteiger partial charge in [0.2, 0.25) is 5.91 Å². The molecule has 1 N–H and O–H groups in total. The zero-order valence-corrected chi connectivity index (χ0v) is 15.6. The van der Waals surface area contributed by atoms with Crippen LogP contribution in [0, 0.1) is 5.82 Å². The number of carbonyl (C=O) groups excluding carboxylic acids is 3. The maximum Gasteiger partial charge on any atom is 0.325 e. The summed E-state index contributed by atoms with van der Waals surface area (Å²) in [6, 6.07) is 12.3. The molecule has 2 aliphatic rings. The van der Waals surface area contributed by atoms with E-state index in [4.69, 9.17) is 0 Å². The minimum atomic E-state index is -1.33. The van der Waals surface area contributed by atoms with Gasteiger partial charge in [-0.15, -0.1) is 0 Å². The number of para-hydroxylation sites is 1. The molecule has 28 heavy (non-hydrogen) atoms. The Labute approximate surface area is 161 Å². The van der Waals surface area contributed by atoms with E-state index in [2.05, 4.69) is 5.32 Å². The van der Waals surface area contributed by atoms with Crippen molar-refractivity contribution in [2.75, 3.05) is 11.4 Å². The van der Waals surface area contributed by atoms with Crippen molar-refractivity contribution < 1.29 is 18.8 Å². The van der Waals surface area contributed by atoms with Crippen molar-refractivity contribution in [1.29, 1.82) is 0 Å². The van der Waals surface area contributed by atoms with Gasteiger partial charge in [0.1, 0.15) is 17.9 Å². The largest absolute Gasteiger partial charge is 0.325 e. The summed E-state index contributed by atoms with van der Waals surface area (Å²) in [5.74, 6) is -1.28. The molecule has 2 aromatic carbocycles. The molecule has 0 saturated carbocycles. The third kappa shape index (κ3) is 2.74. The van der Waals surface area contributed by atoms with Crippen LogP contribution in [0.5, 0.6) is 0 Å². The highest BCUT2D eigenvalue weighted by Crippen LogP contribution is 2.33. The number of rotatable bonds is 3. The number of fused-ring (bicyclic) bond motifs is 1. The second-order valence-electron chi connectivity index (χ2n) is 7.40. The summed E-state index contributed by atoms with van der Waals surface area (Å²) >= 11 is 0. The van der Waals surface area contributed by atoms with Crippen molar-refractivity contribution in [2.45, 2.75) is 31.8 Å². The van der Waals surface area contributed by atoms with Gasteiger partial charge in [-0.05, 0) is 49.6 Å². The molecule has 1 fully saturated rings. The minimum Gasteiger partial charge on any atom is -0.319 e. The minimum absolute atomic E-state index is 0.0471. The highest BCUT2D eigenvalue weighted by molar-refractivity contribution is 6.10. The highest BCUT2D eigenvalue weighted by atomic mass is 19.1. The van der Waals surface area contributed by atoms with Gasteiger partial charge < -0.3 is 10.2 Å². The smallest absolute Gasteiger partial charge is 0.319 e. The highest BCUT2D eigenvalue weighted by Gasteiger charge is 2.50. The van der Waals surface area contributed by atoms with Gasteiger partial charge in [-0.25, -0.2) is 9.18 Å². The molecule has 7 heteroatoms. The van der Waals surface area contributed by atoms with Crippen molar-refractivity contribution in [1.82, 2.24) is 10.2 Å². The Morgan fingerprint density at radius 1 is 1.18 bits per heavy atom. The topological polar surface area (TPSA) is 69.7 Å². The van der Waals surface area contributed by atoms with Gasteiger partial charge in [0, 0.05) is 11.7 Å². The molecular weight excluding hydrogens is 361 g/mol. The lowest BCUT2D eigenvalue weighted by Crippen LogP contribution is -2.46. The number of nitrogens with zero attached hydrogens (tertiary/aromatic N) is 2. The lowest BCUT2D eigenvalue weighted by molar-refractivity contribution is -0.134. The van der Waals surface area contributed by atoms with Gasteiger partial charge >= 0.3 is 6.03 Å². The van der Waals surface area contributed by atoms with E-state index < -0.39 is 23.3 Å². The van der Waals surface area contributed by atoms with Crippen LogP contribution in [0.4, 0.5) is 14.9 Å². The molecule has 0 aromatic heterocycles. The van der Waals surface area contributed by atoms with Gasteiger partial charge in [0.25, 0.3) is 5.91 Å². The van der Waals surface area contributed by atoms with Crippen molar-refractivity contribution in [2.24, 2.45) is 0 Å². The van der Waals surface area contributed by atoms with E-state index in [9.17, 15) is 18.8 Å². The number of urea groups is 1. The van der Waals surface area contributed by atoms with Crippen LogP contribution in [0.2, 0.25) is 0 Å². The van der Waals surface area contributed by atoms with E-state index in [0.717, 1.165) is 22.6 Å². The quantitative estimate of drug-likeness (QED) is 0.831. The predicted octanol–water partition coefficient (Wildman–Crippen LogP) is 2.57. The number of amides is 4. The molecule has 0 aliphatic carbocycles. The number of nitrogens with one attached hydrogen (secondary N) is 1. The normalized spacial score (nSPS) is 23.8. The third-order valence-corrected chi connectivity index (χ3v) is 5.47. The summed E-state index contributed by atoms with van der Waals surface area (Å²) in [6.45, 7) is 3.14. The zero-order chi connectivity index (χ0) is 20.1. The Bertz CT molecular complexity index is 975. The first kappa shape index (κ1) is 18.2. The van der Waals surface area contributed by atoms with Gasteiger partial charge in [-0.1, -0.05) is 30.3 Å². The van der Waals surface area contributed by atoms with E-state index in [1.807, 2.05) is 31.2 Å². The summed E-state index contributed by atoms with van der Waals surface area (Å²) in [7, 11) is 0. The molecule has 144 valence electrons. The molecular formula is C21H20FN3O3. The Morgan fingerprint density at radius 2 is 1.86 bits per heavy atom. The molecule has 1 saturated heterocycles. The predicted molar refractivity (Wildman–Crippen MR) is 101 cm³/mol. The van der Waals surface area contributed by atoms with Crippen molar-refractivity contribution in [3.05, 3.63) is 65.5 Å². The fraction of sp³-hybridized carbons (Fsp3) is 0.286. The van der Waals surface area contributed by atoms with Gasteiger partial charge in [0.05, 0.1) is 0 Å². The van der Waals surface area contributed by atoms with Crippen molar-refractivity contribution in [3.63, 3.8) is 0 Å². The first-order valence-electron chi connectivity index (χ1n) is 9.11. The van der Waals surface area contributed by atoms with E-state index in [1.54, 1.807) is 11.8 Å². The molecule has 2 aromatic rings. The fourth-order valence-corrected chi connectivity index (χ4v) is 3.98. The maximum atomic E-state index is 13.2. The molecule has 6 nitrogen and oxygen atoms in total. The Morgan fingerprint density at radius 3 is 2.57 bits per heavy atom. The molecule has 4 amide bonds. The standard InChI is InChI=1S/C21H20FN3O3/c1-13-11-14-5-3-4-6-17(14)25(13)18(26)12-24-19(27)21(2,23-20(24)28)15-7-9-16(22)10-8-15/h3-10,13H,11-12H2,1-2H3,(H,23,28). The lowest BCUT2D eigenvalue weighted by Gasteiger charge is -2.25. The Hall–Kier alpha value is -3.22. The molecule has 2 unspecified atom stereocenters. The number of benzene rings is 2. The maximum absolute atomic E-state index is 13.2. The molecule has 0 bridgehead atoms. The number of halogens is 1. The van der Waals surface area contributed by atoms with Crippen LogP contribution in [0.1, 0.15) is 25.0 Å². The van der Waals surface area contributed by atoms with E-state index >= 15 is 0 Å². The monoisotopic (exact) mass is 381 g/mol. The zero-order valence-electron chi connectivity index (χ0n) is 15.6. The van der Waals surface area contributed by atoms with Crippen LogP contribution in [-0.2, 0) is 21.5 Å². The number of imide groups is 1. The molecule has 2 heterocycles. The second kappa shape index (κ2) is 6.44. The van der Waals surface area contributed by atoms with Crippen molar-refractivity contribution in [3.8, 4) is 0 Å². The SMILES string of the molecule is CC1Cc2ccccc2N1C(=O)CN1C(=O)NC(C)(c2ccc(F)cc2)C1=O. The summed E-state index contributed by atoms with van der Waals surface area (Å²) < 4.78 is 13.2. The Kier molecular flexibility index (Phi) is 4.18. The first-order chi connectivity index (χ1) is 13.3. The molecule has 0 spiro atoms. The van der Waals surface area contributed by atoms with Crippen LogP contribution in [0.25, 0.3) is 0 Å². The van der Waals surface area contributed by atoms with Gasteiger partial charge in [0.15, 0.2) is 0 Å². The van der Waals surface area contributed by atoms with E-state index in [0.29, 0.717) is 5.56 Å². The van der Waals surface area contributed by atoms with Crippen LogP contribution < -0.4 is 10.2 Å². The van der Waals surface area contributed by atoms with Gasteiger partial charge in [-0.3, -0.25) is 14.5 Å². The van der Waals surface area contributed by atoms with Crippen LogP contribution in [0.15, 0.2) is 48.5 Å². The van der Waals surface area contributed by atoms with E-state index in [1.165, 1.54) is 24.3 Å². The molecule has 2 atom stereocenters. The number of anilines is 1. The summed E-state index contributed by atoms with van der Waals surface area (Å²) in [6.07, 6.45) is 0.731. The Balaban J connectivity index is 1.57. The average Bonchev–Trinajstić information content (AvgIpc) is 3.11. The number of hydrogen-bond donors (Lipinski definition) is 1. The average molecular weight is 381 g/mol. The summed E-state index contributed by atoms with van der Waals surface area (Å²) in [5.41, 5.74) is 1.01. The fourth-order valence-electron chi connectivity index (χ4n) is 3.98. The van der Waals surface area contributed by atoms with Crippen LogP contribution in [-0.4, -0.2) is 35.3 Å². The van der Waals surface area contributed by atoms with E-state index in [-0.39, 0.29) is 18.5 Å². The molecule has 4 rings (SSSR count). The lowest BCUT2D eigenvalue weighted by atomic mass is 9.92. The molecule has 0 radical (unpaired) electrons. The third-order valence-electron chi connectivity index (χ3n) is 5.47. The van der Waals surface area contributed by atoms with Crippen LogP contribution >= 0.6 is 0 Å². The number of hydrogen-bond acceptors (Lipinski definition) is 3. The first-order valence-corrected chi connectivity index (χ1v) is 9.11.